The highest BCUT2D eigenvalue weighted by atomic mass is 16.5. The summed E-state index contributed by atoms with van der Waals surface area (Å²) in [7, 11) is 1.70. The molecule has 1 aromatic carbocycles. The van der Waals surface area contributed by atoms with Crippen LogP contribution in [0.4, 0.5) is 0 Å². The van der Waals surface area contributed by atoms with E-state index in [4.69, 9.17) is 10.5 Å². The summed E-state index contributed by atoms with van der Waals surface area (Å²) in [5, 5.41) is 0. The van der Waals surface area contributed by atoms with E-state index in [-0.39, 0.29) is 0 Å². The van der Waals surface area contributed by atoms with E-state index in [9.17, 15) is 0 Å². The minimum absolute atomic E-state index is 0.389. The molecule has 1 atom stereocenters. The van der Waals surface area contributed by atoms with Crippen LogP contribution in [0.1, 0.15) is 37.7 Å². The first-order valence-corrected chi connectivity index (χ1v) is 6.68. The third-order valence-corrected chi connectivity index (χ3v) is 3.93. The molecule has 2 rings (SSSR count). The minimum atomic E-state index is 0.389. The van der Waals surface area contributed by atoms with E-state index in [1.54, 1.807) is 7.11 Å². The zero-order valence-electron chi connectivity index (χ0n) is 10.7. The maximum absolute atomic E-state index is 6.26. The van der Waals surface area contributed by atoms with Crippen molar-refractivity contribution in [2.75, 3.05) is 7.11 Å². The van der Waals surface area contributed by atoms with Crippen LogP contribution in [0.2, 0.25) is 0 Å². The highest BCUT2D eigenvalue weighted by molar-refractivity contribution is 5.27. The molecule has 0 saturated heterocycles. The summed E-state index contributed by atoms with van der Waals surface area (Å²) in [4.78, 5) is 0. The Kier molecular flexibility index (Phi) is 4.43. The van der Waals surface area contributed by atoms with Crippen LogP contribution in [0, 0.1) is 5.92 Å². The fraction of sp³-hybridized carbons (Fsp3) is 0.600. The molecule has 1 fully saturated rings. The number of hydrogen-bond acceptors (Lipinski definition) is 2. The Morgan fingerprint density at radius 3 is 2.47 bits per heavy atom. The van der Waals surface area contributed by atoms with E-state index >= 15 is 0 Å². The Bertz CT molecular complexity index is 327. The Labute approximate surface area is 104 Å². The number of nitrogens with two attached hydrogens (primary N) is 1. The normalized spacial score (nSPS) is 18.2. The molecule has 0 radical (unpaired) electrons. The van der Waals surface area contributed by atoms with Crippen molar-refractivity contribution in [3.63, 3.8) is 0 Å². The molecule has 1 aliphatic carbocycles. The summed E-state index contributed by atoms with van der Waals surface area (Å²) in [6.07, 6.45) is 7.62. The number of ether oxygens (including phenoxy) is 1. The summed E-state index contributed by atoms with van der Waals surface area (Å²) >= 11 is 0. The van der Waals surface area contributed by atoms with Crippen molar-refractivity contribution >= 4 is 0 Å². The van der Waals surface area contributed by atoms with Crippen molar-refractivity contribution in [1.82, 2.24) is 0 Å². The summed E-state index contributed by atoms with van der Waals surface area (Å²) in [6.45, 7) is 0. The fourth-order valence-electron chi connectivity index (χ4n) is 2.75. The molecule has 2 nitrogen and oxygen atoms in total. The molecule has 0 bridgehead atoms. The van der Waals surface area contributed by atoms with Gasteiger partial charge in [-0.05, 0) is 49.3 Å². The van der Waals surface area contributed by atoms with Crippen LogP contribution in [0.25, 0.3) is 0 Å². The Hall–Kier alpha value is -1.02. The predicted octanol–water partition coefficient (Wildman–Crippen LogP) is 3.15. The lowest BCUT2D eigenvalue weighted by Crippen LogP contribution is -2.28. The maximum Gasteiger partial charge on any atom is 0.118 e. The molecular formula is C15H23NO. The Morgan fingerprint density at radius 1 is 1.24 bits per heavy atom. The molecule has 2 N–H and O–H groups in total. The van der Waals surface area contributed by atoms with Gasteiger partial charge < -0.3 is 10.5 Å². The minimum Gasteiger partial charge on any atom is -0.497 e. The van der Waals surface area contributed by atoms with Crippen molar-refractivity contribution in [3.05, 3.63) is 29.8 Å². The number of methoxy groups -OCH3 is 1. The summed E-state index contributed by atoms with van der Waals surface area (Å²) in [6, 6.07) is 8.72. The lowest BCUT2D eigenvalue weighted by molar-refractivity contribution is 0.409. The monoisotopic (exact) mass is 233 g/mol. The highest BCUT2D eigenvalue weighted by Gasteiger charge is 2.21. The van der Waals surface area contributed by atoms with Crippen molar-refractivity contribution in [2.45, 2.75) is 44.6 Å². The largest absolute Gasteiger partial charge is 0.497 e. The van der Waals surface area contributed by atoms with Gasteiger partial charge in [0.15, 0.2) is 0 Å². The molecule has 1 saturated carbocycles. The molecular weight excluding hydrogens is 210 g/mol. The standard InChI is InChI=1S/C15H23NO/c1-17-14-9-6-12(7-10-14)8-11-15(16)13-4-2-3-5-13/h6-7,9-10,13,15H,2-5,8,11,16H2,1H3. The van der Waals surface area contributed by atoms with E-state index in [2.05, 4.69) is 12.1 Å². The summed E-state index contributed by atoms with van der Waals surface area (Å²) < 4.78 is 5.15. The quantitative estimate of drug-likeness (QED) is 0.848. The zero-order chi connectivity index (χ0) is 12.1. The Morgan fingerprint density at radius 2 is 1.88 bits per heavy atom. The highest BCUT2D eigenvalue weighted by Crippen LogP contribution is 2.28. The fourth-order valence-corrected chi connectivity index (χ4v) is 2.75. The molecule has 94 valence electrons. The number of benzene rings is 1. The summed E-state index contributed by atoms with van der Waals surface area (Å²) in [5.41, 5.74) is 7.62. The van der Waals surface area contributed by atoms with Crippen molar-refractivity contribution < 1.29 is 4.74 Å². The molecule has 0 spiro atoms. The molecule has 1 unspecified atom stereocenters. The first-order valence-electron chi connectivity index (χ1n) is 6.68. The lowest BCUT2D eigenvalue weighted by atomic mass is 9.93. The van der Waals surface area contributed by atoms with E-state index in [1.807, 2.05) is 12.1 Å². The van der Waals surface area contributed by atoms with Crippen LogP contribution in [-0.2, 0) is 6.42 Å². The van der Waals surface area contributed by atoms with Gasteiger partial charge in [-0.2, -0.15) is 0 Å². The summed E-state index contributed by atoms with van der Waals surface area (Å²) in [5.74, 6) is 1.70. The molecule has 1 aliphatic rings. The second-order valence-corrected chi connectivity index (χ2v) is 5.10. The molecule has 17 heavy (non-hydrogen) atoms. The number of hydrogen-bond donors (Lipinski definition) is 1. The van der Waals surface area contributed by atoms with Crippen LogP contribution in [0.15, 0.2) is 24.3 Å². The van der Waals surface area contributed by atoms with Crippen LogP contribution in [0.3, 0.4) is 0 Å². The van der Waals surface area contributed by atoms with Crippen molar-refractivity contribution in [1.29, 1.82) is 0 Å². The first-order chi connectivity index (χ1) is 8.29. The average Bonchev–Trinajstić information content (AvgIpc) is 2.90. The van der Waals surface area contributed by atoms with Gasteiger partial charge in [-0.25, -0.2) is 0 Å². The van der Waals surface area contributed by atoms with Gasteiger partial charge >= 0.3 is 0 Å². The molecule has 0 heterocycles. The topological polar surface area (TPSA) is 35.2 Å². The lowest BCUT2D eigenvalue weighted by Gasteiger charge is -2.18. The van der Waals surface area contributed by atoms with Gasteiger partial charge in [0.1, 0.15) is 5.75 Å². The smallest absolute Gasteiger partial charge is 0.118 e. The average molecular weight is 233 g/mol. The first kappa shape index (κ1) is 12.4. The van der Waals surface area contributed by atoms with Crippen molar-refractivity contribution in [2.24, 2.45) is 11.7 Å². The molecule has 1 aromatic rings. The predicted molar refractivity (Wildman–Crippen MR) is 71.2 cm³/mol. The van der Waals surface area contributed by atoms with E-state index in [0.29, 0.717) is 6.04 Å². The van der Waals surface area contributed by atoms with E-state index in [0.717, 1.165) is 24.5 Å². The van der Waals surface area contributed by atoms with Crippen LogP contribution < -0.4 is 10.5 Å². The van der Waals surface area contributed by atoms with Gasteiger partial charge in [-0.15, -0.1) is 0 Å². The van der Waals surface area contributed by atoms with Gasteiger partial charge in [0.25, 0.3) is 0 Å². The maximum atomic E-state index is 6.26. The second kappa shape index (κ2) is 6.06. The van der Waals surface area contributed by atoms with Crippen molar-refractivity contribution in [3.8, 4) is 5.75 Å². The Balaban J connectivity index is 1.80. The van der Waals surface area contributed by atoms with Gasteiger partial charge in [-0.3, -0.25) is 0 Å². The molecule has 0 aromatic heterocycles. The van der Waals surface area contributed by atoms with E-state index < -0.39 is 0 Å². The SMILES string of the molecule is COc1ccc(CCC(N)C2CCCC2)cc1. The van der Waals surface area contributed by atoms with Gasteiger partial charge in [-0.1, -0.05) is 25.0 Å². The number of aryl methyl sites for hydroxylation is 1. The van der Waals surface area contributed by atoms with Crippen LogP contribution in [0.5, 0.6) is 5.75 Å². The zero-order valence-corrected chi connectivity index (χ0v) is 10.7. The number of rotatable bonds is 5. The molecule has 2 heteroatoms. The van der Waals surface area contributed by atoms with Crippen LogP contribution in [-0.4, -0.2) is 13.2 Å². The van der Waals surface area contributed by atoms with Gasteiger partial charge in [0.2, 0.25) is 0 Å². The third-order valence-electron chi connectivity index (χ3n) is 3.93. The van der Waals surface area contributed by atoms with E-state index in [1.165, 1.54) is 31.2 Å². The van der Waals surface area contributed by atoms with Gasteiger partial charge in [0.05, 0.1) is 7.11 Å². The van der Waals surface area contributed by atoms with Crippen LogP contribution >= 0.6 is 0 Å². The third kappa shape index (κ3) is 3.47. The second-order valence-electron chi connectivity index (χ2n) is 5.10. The molecule has 0 aliphatic heterocycles. The molecule has 0 amide bonds. The van der Waals surface area contributed by atoms with Gasteiger partial charge in [0, 0.05) is 6.04 Å².